The van der Waals surface area contributed by atoms with E-state index >= 15 is 0 Å². The Morgan fingerprint density at radius 1 is 1.07 bits per heavy atom. The fraction of sp³-hybridized carbons (Fsp3) is 0.571. The van der Waals surface area contributed by atoms with Crippen molar-refractivity contribution in [3.8, 4) is 0 Å². The Hall–Kier alpha value is -0.300. The van der Waals surface area contributed by atoms with Gasteiger partial charge in [0.1, 0.15) is 0 Å². The van der Waals surface area contributed by atoms with Crippen LogP contribution in [0.1, 0.15) is 44.6 Å². The Bertz CT molecular complexity index is 243. The molecule has 1 heteroatoms. The third-order valence-corrected chi connectivity index (χ3v) is 3.59. The molecule has 0 heterocycles. The summed E-state index contributed by atoms with van der Waals surface area (Å²) in [6.07, 6.45) is 7.80. The maximum Gasteiger partial charge on any atom is 0.0145 e. The highest BCUT2D eigenvalue weighted by molar-refractivity contribution is 9.09. The Balaban J connectivity index is 2.07. The molecule has 0 N–H and O–H groups in total. The summed E-state index contributed by atoms with van der Waals surface area (Å²) < 4.78 is 0. The normalized spacial score (nSPS) is 12.7. The highest BCUT2D eigenvalue weighted by Gasteiger charge is 2.01. The van der Waals surface area contributed by atoms with Gasteiger partial charge in [-0.2, -0.15) is 0 Å². The lowest BCUT2D eigenvalue weighted by atomic mass is 10.1. The lowest BCUT2D eigenvalue weighted by Crippen LogP contribution is -1.97. The van der Waals surface area contributed by atoms with E-state index in [0.717, 1.165) is 4.83 Å². The molecule has 1 atom stereocenters. The molecular weight excluding hydrogens is 248 g/mol. The first-order valence-corrected chi connectivity index (χ1v) is 6.92. The third kappa shape index (κ3) is 5.99. The molecule has 1 aromatic carbocycles. The molecule has 0 nitrogen and oxygen atoms in total. The van der Waals surface area contributed by atoms with Crippen LogP contribution in [0.25, 0.3) is 0 Å². The van der Waals surface area contributed by atoms with E-state index in [9.17, 15) is 0 Å². The second-order valence-electron chi connectivity index (χ2n) is 4.12. The maximum absolute atomic E-state index is 3.72. The Labute approximate surface area is 102 Å². The minimum absolute atomic E-state index is 0.735. The van der Waals surface area contributed by atoms with Gasteiger partial charge in [0.25, 0.3) is 0 Å². The summed E-state index contributed by atoms with van der Waals surface area (Å²) in [6, 6.07) is 10.8. The van der Waals surface area contributed by atoms with Gasteiger partial charge in [-0.25, -0.2) is 0 Å². The first kappa shape index (κ1) is 12.8. The predicted octanol–water partition coefficient (Wildman–Crippen LogP) is 4.96. The molecule has 0 aromatic heterocycles. The number of hydrogen-bond acceptors (Lipinski definition) is 0. The quantitative estimate of drug-likeness (QED) is 0.484. The van der Waals surface area contributed by atoms with Crippen molar-refractivity contribution in [3.05, 3.63) is 35.9 Å². The number of unbranched alkanes of at least 4 members (excludes halogenated alkanes) is 1. The van der Waals surface area contributed by atoms with Crippen molar-refractivity contribution in [3.63, 3.8) is 0 Å². The van der Waals surface area contributed by atoms with Gasteiger partial charge in [-0.15, -0.1) is 0 Å². The molecule has 1 aromatic rings. The highest BCUT2D eigenvalue weighted by Crippen LogP contribution is 2.16. The molecule has 0 radical (unpaired) electrons. The molecular formula is C14H21Br. The van der Waals surface area contributed by atoms with E-state index in [-0.39, 0.29) is 0 Å². The number of rotatable bonds is 7. The molecule has 84 valence electrons. The second kappa shape index (κ2) is 7.92. The van der Waals surface area contributed by atoms with E-state index in [1.807, 2.05) is 0 Å². The monoisotopic (exact) mass is 268 g/mol. The Morgan fingerprint density at radius 3 is 2.47 bits per heavy atom. The highest BCUT2D eigenvalue weighted by atomic mass is 79.9. The smallest absolute Gasteiger partial charge is 0.0145 e. The molecule has 0 aliphatic rings. The number of halogens is 1. The van der Waals surface area contributed by atoms with E-state index in [1.165, 1.54) is 44.1 Å². The van der Waals surface area contributed by atoms with Crippen LogP contribution in [-0.2, 0) is 6.42 Å². The van der Waals surface area contributed by atoms with Crippen molar-refractivity contribution in [1.82, 2.24) is 0 Å². The van der Waals surface area contributed by atoms with Crippen LogP contribution in [0.4, 0.5) is 0 Å². The van der Waals surface area contributed by atoms with Crippen LogP contribution in [0.5, 0.6) is 0 Å². The summed E-state index contributed by atoms with van der Waals surface area (Å²) in [5.74, 6) is 0. The number of hydrogen-bond donors (Lipinski definition) is 0. The van der Waals surface area contributed by atoms with Crippen molar-refractivity contribution in [2.24, 2.45) is 0 Å². The molecule has 0 fully saturated rings. The van der Waals surface area contributed by atoms with Crippen molar-refractivity contribution in [1.29, 1.82) is 0 Å². The number of alkyl halides is 1. The molecule has 1 rings (SSSR count). The Morgan fingerprint density at radius 2 is 1.80 bits per heavy atom. The zero-order valence-corrected chi connectivity index (χ0v) is 11.2. The zero-order valence-electron chi connectivity index (χ0n) is 9.58. The average Bonchev–Trinajstić information content (AvgIpc) is 2.26. The minimum Gasteiger partial charge on any atom is -0.0891 e. The molecule has 0 spiro atoms. The first-order valence-electron chi connectivity index (χ1n) is 6.01. The van der Waals surface area contributed by atoms with E-state index in [1.54, 1.807) is 0 Å². The van der Waals surface area contributed by atoms with E-state index in [0.29, 0.717) is 0 Å². The molecule has 0 aliphatic heterocycles. The predicted molar refractivity (Wildman–Crippen MR) is 71.6 cm³/mol. The summed E-state index contributed by atoms with van der Waals surface area (Å²) in [5, 5.41) is 0. The SMILES string of the molecule is CCCC(Br)CCCCc1ccccc1. The van der Waals surface area contributed by atoms with E-state index in [2.05, 4.69) is 53.2 Å². The van der Waals surface area contributed by atoms with Crippen molar-refractivity contribution in [2.45, 2.75) is 50.3 Å². The summed E-state index contributed by atoms with van der Waals surface area (Å²) >= 11 is 3.72. The van der Waals surface area contributed by atoms with Crippen molar-refractivity contribution in [2.75, 3.05) is 0 Å². The van der Waals surface area contributed by atoms with Gasteiger partial charge in [0.05, 0.1) is 0 Å². The lowest BCUT2D eigenvalue weighted by molar-refractivity contribution is 0.627. The standard InChI is InChI=1S/C14H21Br/c1-2-8-14(15)12-7-6-11-13-9-4-3-5-10-13/h3-5,9-10,14H,2,6-8,11-12H2,1H3. The van der Waals surface area contributed by atoms with Gasteiger partial charge in [-0.05, 0) is 31.2 Å². The van der Waals surface area contributed by atoms with Gasteiger partial charge in [0.15, 0.2) is 0 Å². The van der Waals surface area contributed by atoms with Crippen LogP contribution >= 0.6 is 15.9 Å². The largest absolute Gasteiger partial charge is 0.0891 e. The fourth-order valence-corrected chi connectivity index (χ4v) is 2.58. The van der Waals surface area contributed by atoms with Gasteiger partial charge in [-0.3, -0.25) is 0 Å². The second-order valence-corrected chi connectivity index (χ2v) is 5.41. The van der Waals surface area contributed by atoms with Crippen LogP contribution in [0, 0.1) is 0 Å². The van der Waals surface area contributed by atoms with Crippen LogP contribution < -0.4 is 0 Å². The summed E-state index contributed by atoms with van der Waals surface area (Å²) in [6.45, 7) is 2.25. The zero-order chi connectivity index (χ0) is 10.9. The third-order valence-electron chi connectivity index (χ3n) is 2.68. The number of aryl methyl sites for hydroxylation is 1. The van der Waals surface area contributed by atoms with Crippen LogP contribution in [-0.4, -0.2) is 4.83 Å². The molecule has 0 saturated heterocycles. The van der Waals surface area contributed by atoms with Crippen LogP contribution in [0.3, 0.4) is 0 Å². The summed E-state index contributed by atoms with van der Waals surface area (Å²) in [7, 11) is 0. The molecule has 0 aliphatic carbocycles. The minimum atomic E-state index is 0.735. The fourth-order valence-electron chi connectivity index (χ4n) is 1.80. The van der Waals surface area contributed by atoms with Crippen molar-refractivity contribution >= 4 is 15.9 Å². The van der Waals surface area contributed by atoms with Crippen molar-refractivity contribution < 1.29 is 0 Å². The van der Waals surface area contributed by atoms with E-state index < -0.39 is 0 Å². The molecule has 0 saturated carbocycles. The van der Waals surface area contributed by atoms with Gasteiger partial charge in [-0.1, -0.05) is 66.0 Å². The summed E-state index contributed by atoms with van der Waals surface area (Å²) in [4.78, 5) is 0.735. The van der Waals surface area contributed by atoms with Gasteiger partial charge in [0.2, 0.25) is 0 Å². The first-order chi connectivity index (χ1) is 7.33. The van der Waals surface area contributed by atoms with Crippen LogP contribution in [0.15, 0.2) is 30.3 Å². The lowest BCUT2D eigenvalue weighted by Gasteiger charge is -2.07. The number of benzene rings is 1. The van der Waals surface area contributed by atoms with E-state index in [4.69, 9.17) is 0 Å². The topological polar surface area (TPSA) is 0 Å². The van der Waals surface area contributed by atoms with Gasteiger partial charge < -0.3 is 0 Å². The summed E-state index contributed by atoms with van der Waals surface area (Å²) in [5.41, 5.74) is 1.47. The molecule has 0 amide bonds. The van der Waals surface area contributed by atoms with Gasteiger partial charge >= 0.3 is 0 Å². The average molecular weight is 269 g/mol. The molecule has 0 bridgehead atoms. The van der Waals surface area contributed by atoms with Crippen LogP contribution in [0.2, 0.25) is 0 Å². The Kier molecular flexibility index (Phi) is 6.74. The molecule has 1 unspecified atom stereocenters. The van der Waals surface area contributed by atoms with Gasteiger partial charge in [0, 0.05) is 4.83 Å². The molecule has 15 heavy (non-hydrogen) atoms. The maximum atomic E-state index is 3.72.